The van der Waals surface area contributed by atoms with Gasteiger partial charge in [0, 0.05) is 25.1 Å². The smallest absolute Gasteiger partial charge is 0.230 e. The van der Waals surface area contributed by atoms with Gasteiger partial charge in [-0.15, -0.1) is 0 Å². The number of allylic oxidation sites excluding steroid dienone is 1. The standard InChI is InChI=1S/C27H35NO2/c1-26-15-13-20(29)17-18(26)9-10-21-22-11-12-24(27(22,2)16-14-23(21)26)25(30)28(3)19-7-5-4-6-8-19/h4-8,17,21-24H,9-16H2,1-3H3/t21-,22-,23-,24+,26-,27-/m0/s1. The van der Waals surface area contributed by atoms with Crippen LogP contribution in [-0.4, -0.2) is 18.7 Å². The van der Waals surface area contributed by atoms with E-state index in [9.17, 15) is 9.59 Å². The van der Waals surface area contributed by atoms with Crippen LogP contribution >= 0.6 is 0 Å². The molecule has 1 amide bonds. The maximum absolute atomic E-state index is 13.6. The molecule has 0 saturated heterocycles. The number of anilines is 1. The van der Waals surface area contributed by atoms with Gasteiger partial charge in [0.25, 0.3) is 0 Å². The molecule has 6 atom stereocenters. The third-order valence-corrected chi connectivity index (χ3v) is 9.73. The molecule has 3 heteroatoms. The average Bonchev–Trinajstić information content (AvgIpc) is 3.11. The molecule has 5 rings (SSSR count). The second-order valence-electron chi connectivity index (χ2n) is 10.9. The van der Waals surface area contributed by atoms with E-state index in [1.54, 1.807) is 0 Å². The highest BCUT2D eigenvalue weighted by Gasteiger charge is 2.60. The first-order chi connectivity index (χ1) is 14.3. The van der Waals surface area contributed by atoms with Crippen molar-refractivity contribution in [2.75, 3.05) is 11.9 Å². The van der Waals surface area contributed by atoms with Crippen LogP contribution in [0.15, 0.2) is 42.0 Å². The topological polar surface area (TPSA) is 37.4 Å². The summed E-state index contributed by atoms with van der Waals surface area (Å²) in [5, 5.41) is 0. The molecule has 1 aromatic carbocycles. The van der Waals surface area contributed by atoms with Crippen molar-refractivity contribution in [3.05, 3.63) is 42.0 Å². The predicted molar refractivity (Wildman–Crippen MR) is 120 cm³/mol. The van der Waals surface area contributed by atoms with Gasteiger partial charge in [-0.25, -0.2) is 0 Å². The molecule has 0 unspecified atom stereocenters. The molecule has 0 aliphatic heterocycles. The van der Waals surface area contributed by atoms with Crippen LogP contribution in [0.1, 0.15) is 65.2 Å². The van der Waals surface area contributed by atoms with Crippen molar-refractivity contribution in [1.82, 2.24) is 0 Å². The van der Waals surface area contributed by atoms with Gasteiger partial charge in [-0.1, -0.05) is 37.6 Å². The van der Waals surface area contributed by atoms with Gasteiger partial charge in [0.05, 0.1) is 0 Å². The number of fused-ring (bicyclic) bond motifs is 5. The summed E-state index contributed by atoms with van der Waals surface area (Å²) in [6.07, 6.45) is 10.6. The van der Waals surface area contributed by atoms with E-state index in [1.165, 1.54) is 24.8 Å². The van der Waals surface area contributed by atoms with E-state index in [0.29, 0.717) is 35.9 Å². The largest absolute Gasteiger partial charge is 0.315 e. The Hall–Kier alpha value is -1.90. The normalized spacial score (nSPS) is 40.1. The maximum atomic E-state index is 13.6. The highest BCUT2D eigenvalue weighted by molar-refractivity contribution is 5.95. The van der Waals surface area contributed by atoms with Crippen LogP contribution in [0.4, 0.5) is 5.69 Å². The molecule has 3 saturated carbocycles. The molecule has 0 radical (unpaired) electrons. The number of para-hydroxylation sites is 1. The molecule has 3 fully saturated rings. The number of carbonyl (C=O) groups is 2. The van der Waals surface area contributed by atoms with Crippen molar-refractivity contribution in [1.29, 1.82) is 0 Å². The van der Waals surface area contributed by atoms with Gasteiger partial charge in [0.15, 0.2) is 5.78 Å². The summed E-state index contributed by atoms with van der Waals surface area (Å²) >= 11 is 0. The molecule has 1 aromatic rings. The van der Waals surface area contributed by atoms with Gasteiger partial charge >= 0.3 is 0 Å². The third kappa shape index (κ3) is 2.84. The molecule has 0 bridgehead atoms. The van der Waals surface area contributed by atoms with Gasteiger partial charge in [-0.2, -0.15) is 0 Å². The minimum absolute atomic E-state index is 0.114. The van der Waals surface area contributed by atoms with Crippen LogP contribution in [-0.2, 0) is 9.59 Å². The zero-order chi connectivity index (χ0) is 21.1. The molecule has 0 N–H and O–H groups in total. The number of hydrogen-bond acceptors (Lipinski definition) is 2. The van der Waals surface area contributed by atoms with Crippen LogP contribution in [0.5, 0.6) is 0 Å². The van der Waals surface area contributed by atoms with Gasteiger partial charge in [0.2, 0.25) is 5.91 Å². The third-order valence-electron chi connectivity index (χ3n) is 9.73. The number of nitrogens with zero attached hydrogens (tertiary/aromatic N) is 1. The average molecular weight is 406 g/mol. The first-order valence-electron chi connectivity index (χ1n) is 11.9. The van der Waals surface area contributed by atoms with Crippen LogP contribution in [0.2, 0.25) is 0 Å². The number of ketones is 1. The van der Waals surface area contributed by atoms with Crippen LogP contribution < -0.4 is 4.90 Å². The van der Waals surface area contributed by atoms with E-state index >= 15 is 0 Å². The molecular weight excluding hydrogens is 370 g/mol. The summed E-state index contributed by atoms with van der Waals surface area (Å²) in [6, 6.07) is 10.1. The van der Waals surface area contributed by atoms with E-state index in [2.05, 4.69) is 13.8 Å². The van der Waals surface area contributed by atoms with E-state index in [4.69, 9.17) is 0 Å². The Kier molecular flexibility index (Phi) is 4.72. The lowest BCUT2D eigenvalue weighted by Crippen LogP contribution is -2.52. The van der Waals surface area contributed by atoms with E-state index in [-0.39, 0.29) is 16.7 Å². The lowest BCUT2D eigenvalue weighted by molar-refractivity contribution is -0.129. The van der Waals surface area contributed by atoms with E-state index in [1.807, 2.05) is 48.4 Å². The van der Waals surface area contributed by atoms with Gasteiger partial charge in [-0.05, 0) is 91.7 Å². The lowest BCUT2D eigenvalue weighted by atomic mass is 9.47. The highest BCUT2D eigenvalue weighted by atomic mass is 16.2. The van der Waals surface area contributed by atoms with Crippen molar-refractivity contribution in [2.45, 2.75) is 65.2 Å². The fourth-order valence-corrected chi connectivity index (χ4v) is 7.98. The summed E-state index contributed by atoms with van der Waals surface area (Å²) in [7, 11) is 1.94. The van der Waals surface area contributed by atoms with Crippen LogP contribution in [0.25, 0.3) is 0 Å². The number of hydrogen-bond donors (Lipinski definition) is 0. The second-order valence-corrected chi connectivity index (χ2v) is 10.9. The van der Waals surface area contributed by atoms with Crippen molar-refractivity contribution in [2.24, 2.45) is 34.5 Å². The van der Waals surface area contributed by atoms with Crippen LogP contribution in [0, 0.1) is 34.5 Å². The zero-order valence-electron chi connectivity index (χ0n) is 18.7. The zero-order valence-corrected chi connectivity index (χ0v) is 18.7. The van der Waals surface area contributed by atoms with Crippen molar-refractivity contribution >= 4 is 17.4 Å². The molecule has 30 heavy (non-hydrogen) atoms. The molecular formula is C27H35NO2. The van der Waals surface area contributed by atoms with Crippen LogP contribution in [0.3, 0.4) is 0 Å². The lowest BCUT2D eigenvalue weighted by Gasteiger charge is -2.58. The minimum atomic E-state index is 0.114. The second kappa shape index (κ2) is 7.07. The molecule has 3 nitrogen and oxygen atoms in total. The quantitative estimate of drug-likeness (QED) is 0.624. The summed E-state index contributed by atoms with van der Waals surface area (Å²) in [4.78, 5) is 27.5. The molecule has 0 spiro atoms. The van der Waals surface area contributed by atoms with Crippen molar-refractivity contribution in [3.63, 3.8) is 0 Å². The molecule has 4 aliphatic rings. The fourth-order valence-electron chi connectivity index (χ4n) is 7.98. The van der Waals surface area contributed by atoms with Gasteiger partial charge < -0.3 is 4.90 Å². The first-order valence-corrected chi connectivity index (χ1v) is 11.9. The predicted octanol–water partition coefficient (Wildman–Crippen LogP) is 5.80. The summed E-state index contributed by atoms with van der Waals surface area (Å²) in [5.41, 5.74) is 2.75. The molecule has 0 aromatic heterocycles. The fraction of sp³-hybridized carbons (Fsp3) is 0.630. The van der Waals surface area contributed by atoms with E-state index in [0.717, 1.165) is 31.4 Å². The number of amides is 1. The highest BCUT2D eigenvalue weighted by Crippen LogP contribution is 2.66. The number of rotatable bonds is 2. The van der Waals surface area contributed by atoms with E-state index < -0.39 is 0 Å². The monoisotopic (exact) mass is 405 g/mol. The number of benzene rings is 1. The summed E-state index contributed by atoms with van der Waals surface area (Å²) in [5.74, 6) is 2.80. The Morgan fingerprint density at radius 3 is 2.50 bits per heavy atom. The Morgan fingerprint density at radius 2 is 1.73 bits per heavy atom. The Bertz CT molecular complexity index is 889. The Morgan fingerprint density at radius 1 is 0.967 bits per heavy atom. The minimum Gasteiger partial charge on any atom is -0.315 e. The van der Waals surface area contributed by atoms with Gasteiger partial charge in [0.1, 0.15) is 0 Å². The van der Waals surface area contributed by atoms with Crippen molar-refractivity contribution < 1.29 is 9.59 Å². The molecule has 160 valence electrons. The Balaban J connectivity index is 1.40. The summed E-state index contributed by atoms with van der Waals surface area (Å²) < 4.78 is 0. The maximum Gasteiger partial charge on any atom is 0.230 e. The molecule has 4 aliphatic carbocycles. The van der Waals surface area contributed by atoms with Crippen molar-refractivity contribution in [3.8, 4) is 0 Å². The summed E-state index contributed by atoms with van der Waals surface area (Å²) in [6.45, 7) is 4.85. The first kappa shape index (κ1) is 20.0. The van der Waals surface area contributed by atoms with Gasteiger partial charge in [-0.3, -0.25) is 9.59 Å². The SMILES string of the molecule is CN(C(=O)[C@H]1CC[C@H]2[C@@H]3CCC4=CC(=O)CC[C@]4(C)[C@H]3CC[C@]12C)c1ccccc1. The Labute approximate surface area is 180 Å². The number of carbonyl (C=O) groups excluding carboxylic acids is 2. The molecule has 0 heterocycles.